The summed E-state index contributed by atoms with van der Waals surface area (Å²) in [5.74, 6) is 0.696. The molecule has 1 aliphatic heterocycles. The Morgan fingerprint density at radius 3 is 2.61 bits per heavy atom. The van der Waals surface area contributed by atoms with Crippen LogP contribution in [0.1, 0.15) is 35.6 Å². The monoisotopic (exact) mass is 250 g/mol. The van der Waals surface area contributed by atoms with E-state index in [2.05, 4.69) is 9.89 Å². The largest absolute Gasteiger partial charge is 0.454 e. The molecule has 1 fully saturated rings. The third-order valence-electron chi connectivity index (χ3n) is 2.98. The zero-order chi connectivity index (χ0) is 13.0. The smallest absolute Gasteiger partial charge is 0.284 e. The van der Waals surface area contributed by atoms with Crippen molar-refractivity contribution in [3.8, 4) is 0 Å². The van der Waals surface area contributed by atoms with Crippen LogP contribution in [0.5, 0.6) is 0 Å². The highest BCUT2D eigenvalue weighted by Gasteiger charge is 2.12. The lowest BCUT2D eigenvalue weighted by atomic mass is 10.1. The number of amides is 1. The number of hydrogen-bond donors (Lipinski definition) is 2. The Kier molecular flexibility index (Phi) is 3.86. The van der Waals surface area contributed by atoms with Gasteiger partial charge in [-0.3, -0.25) is 4.79 Å². The van der Waals surface area contributed by atoms with Gasteiger partial charge in [-0.15, -0.1) is 0 Å². The van der Waals surface area contributed by atoms with Gasteiger partial charge in [-0.1, -0.05) is 0 Å². The first kappa shape index (κ1) is 12.5. The molecule has 0 radical (unpaired) electrons. The molecule has 18 heavy (non-hydrogen) atoms. The molecular formula is C12H18N4O2. The average molecular weight is 250 g/mol. The molecule has 0 bridgehead atoms. The van der Waals surface area contributed by atoms with Crippen molar-refractivity contribution in [2.24, 2.45) is 16.5 Å². The van der Waals surface area contributed by atoms with Crippen LogP contribution < -0.4 is 11.5 Å². The maximum atomic E-state index is 10.9. The van der Waals surface area contributed by atoms with Crippen molar-refractivity contribution < 1.29 is 9.21 Å². The first-order chi connectivity index (χ1) is 8.66. The Bertz CT molecular complexity index is 447. The predicted octanol–water partition coefficient (Wildman–Crippen LogP) is 0.679. The first-order valence-corrected chi connectivity index (χ1v) is 6.10. The van der Waals surface area contributed by atoms with Gasteiger partial charge in [0.2, 0.25) is 0 Å². The Morgan fingerprint density at radius 2 is 2.00 bits per heavy atom. The molecule has 6 nitrogen and oxygen atoms in total. The zero-order valence-electron chi connectivity index (χ0n) is 10.3. The van der Waals surface area contributed by atoms with Crippen LogP contribution >= 0.6 is 0 Å². The van der Waals surface area contributed by atoms with E-state index in [1.807, 2.05) is 0 Å². The molecule has 0 atom stereocenters. The molecule has 2 rings (SSSR count). The second-order valence-electron chi connectivity index (χ2n) is 4.35. The zero-order valence-corrected chi connectivity index (χ0v) is 10.3. The minimum Gasteiger partial charge on any atom is -0.454 e. The summed E-state index contributed by atoms with van der Waals surface area (Å²) in [6.45, 7) is 2.25. The van der Waals surface area contributed by atoms with Gasteiger partial charge in [-0.05, 0) is 31.4 Å². The van der Waals surface area contributed by atoms with Crippen LogP contribution in [0.15, 0.2) is 21.5 Å². The van der Waals surface area contributed by atoms with Crippen LogP contribution in [0.2, 0.25) is 0 Å². The fourth-order valence-electron chi connectivity index (χ4n) is 1.98. The fraction of sp³-hybridized carbons (Fsp3) is 0.500. The summed E-state index contributed by atoms with van der Waals surface area (Å²) in [5.41, 5.74) is 11.0. The number of nitrogens with two attached hydrogens (primary N) is 2. The van der Waals surface area contributed by atoms with Crippen LogP contribution in [-0.2, 0) is 6.54 Å². The normalized spacial score (nSPS) is 16.9. The molecule has 2 heterocycles. The lowest BCUT2D eigenvalue weighted by Gasteiger charge is -2.27. The number of primary amides is 1. The number of aliphatic imine (C=N–C) groups is 1. The lowest BCUT2D eigenvalue weighted by Crippen LogP contribution is -2.40. The Labute approximate surface area is 106 Å². The topological polar surface area (TPSA) is 97.8 Å². The first-order valence-electron chi connectivity index (χ1n) is 6.10. The second-order valence-corrected chi connectivity index (χ2v) is 4.35. The Hall–Kier alpha value is -1.98. The summed E-state index contributed by atoms with van der Waals surface area (Å²) < 4.78 is 5.23. The molecule has 6 heteroatoms. The number of rotatable bonds is 3. The van der Waals surface area contributed by atoms with Crippen LogP contribution in [0.3, 0.4) is 0 Å². The average Bonchev–Trinajstić information content (AvgIpc) is 2.86. The van der Waals surface area contributed by atoms with E-state index in [4.69, 9.17) is 15.9 Å². The number of furan rings is 1. The van der Waals surface area contributed by atoms with Gasteiger partial charge in [0.25, 0.3) is 5.91 Å². The van der Waals surface area contributed by atoms with E-state index in [0.717, 1.165) is 25.9 Å². The van der Waals surface area contributed by atoms with Crippen molar-refractivity contribution in [1.29, 1.82) is 0 Å². The number of carbonyl (C=O) groups excluding carboxylic acids is 1. The van der Waals surface area contributed by atoms with Gasteiger partial charge in [-0.25, -0.2) is 4.99 Å². The second kappa shape index (κ2) is 5.57. The number of likely N-dealkylation sites (tertiary alicyclic amines) is 1. The van der Waals surface area contributed by atoms with Gasteiger partial charge in [0, 0.05) is 13.1 Å². The summed E-state index contributed by atoms with van der Waals surface area (Å²) in [6, 6.07) is 3.23. The van der Waals surface area contributed by atoms with E-state index in [9.17, 15) is 4.79 Å². The molecule has 1 aromatic rings. The summed E-state index contributed by atoms with van der Waals surface area (Å²) in [4.78, 5) is 17.2. The molecule has 0 saturated carbocycles. The Morgan fingerprint density at radius 1 is 1.28 bits per heavy atom. The molecule has 1 aliphatic rings. The van der Waals surface area contributed by atoms with Crippen LogP contribution in [0.25, 0.3) is 0 Å². The summed E-state index contributed by atoms with van der Waals surface area (Å²) in [6.07, 6.45) is 3.57. The molecule has 1 saturated heterocycles. The molecule has 0 unspecified atom stereocenters. The van der Waals surface area contributed by atoms with Crippen molar-refractivity contribution in [2.45, 2.75) is 25.8 Å². The number of hydrogen-bond acceptors (Lipinski definition) is 3. The highest BCUT2D eigenvalue weighted by molar-refractivity contribution is 5.89. The van der Waals surface area contributed by atoms with E-state index in [1.165, 1.54) is 6.42 Å². The molecule has 0 aliphatic carbocycles. The van der Waals surface area contributed by atoms with Crippen LogP contribution in [0, 0.1) is 0 Å². The molecule has 4 N–H and O–H groups in total. The van der Waals surface area contributed by atoms with Crippen molar-refractivity contribution in [1.82, 2.24) is 4.90 Å². The van der Waals surface area contributed by atoms with Crippen molar-refractivity contribution >= 4 is 11.9 Å². The highest BCUT2D eigenvalue weighted by Crippen LogP contribution is 2.10. The van der Waals surface area contributed by atoms with E-state index in [1.54, 1.807) is 12.1 Å². The SMILES string of the molecule is NC(=O)c1ccc(CN=C(N)N2CCCCC2)o1. The lowest BCUT2D eigenvalue weighted by molar-refractivity contribution is 0.0972. The number of piperidine rings is 1. The van der Waals surface area contributed by atoms with E-state index in [0.29, 0.717) is 18.3 Å². The number of guanidine groups is 1. The molecule has 98 valence electrons. The van der Waals surface area contributed by atoms with E-state index < -0.39 is 5.91 Å². The van der Waals surface area contributed by atoms with Crippen LogP contribution in [-0.4, -0.2) is 29.9 Å². The van der Waals surface area contributed by atoms with Gasteiger partial charge in [0.15, 0.2) is 11.7 Å². The third-order valence-corrected chi connectivity index (χ3v) is 2.98. The van der Waals surface area contributed by atoms with E-state index >= 15 is 0 Å². The van der Waals surface area contributed by atoms with Gasteiger partial charge < -0.3 is 20.8 Å². The molecule has 1 amide bonds. The molecule has 0 spiro atoms. The summed E-state index contributed by atoms with van der Waals surface area (Å²) >= 11 is 0. The van der Waals surface area contributed by atoms with Gasteiger partial charge in [0.1, 0.15) is 12.3 Å². The fourth-order valence-corrected chi connectivity index (χ4v) is 1.98. The highest BCUT2D eigenvalue weighted by atomic mass is 16.3. The maximum Gasteiger partial charge on any atom is 0.284 e. The minimum absolute atomic E-state index is 0.150. The quantitative estimate of drug-likeness (QED) is 0.608. The number of nitrogens with zero attached hydrogens (tertiary/aromatic N) is 2. The molecular weight excluding hydrogens is 232 g/mol. The van der Waals surface area contributed by atoms with Crippen LogP contribution in [0.4, 0.5) is 0 Å². The third kappa shape index (κ3) is 3.03. The minimum atomic E-state index is -0.575. The van der Waals surface area contributed by atoms with Crippen molar-refractivity contribution in [3.05, 3.63) is 23.7 Å². The summed E-state index contributed by atoms with van der Waals surface area (Å²) in [5, 5.41) is 0. The predicted molar refractivity (Wildman–Crippen MR) is 68.0 cm³/mol. The van der Waals surface area contributed by atoms with Gasteiger partial charge in [-0.2, -0.15) is 0 Å². The molecule has 0 aromatic carbocycles. The maximum absolute atomic E-state index is 10.9. The standard InChI is InChI=1S/C12H18N4O2/c13-11(17)10-5-4-9(18-10)8-15-12(14)16-6-2-1-3-7-16/h4-5H,1-3,6-8H2,(H2,13,17)(H2,14,15). The van der Waals surface area contributed by atoms with Gasteiger partial charge >= 0.3 is 0 Å². The molecule has 1 aromatic heterocycles. The number of carbonyl (C=O) groups is 1. The van der Waals surface area contributed by atoms with Gasteiger partial charge in [0.05, 0.1) is 0 Å². The Balaban J connectivity index is 1.93. The van der Waals surface area contributed by atoms with Crippen molar-refractivity contribution in [2.75, 3.05) is 13.1 Å². The van der Waals surface area contributed by atoms with Crippen molar-refractivity contribution in [3.63, 3.8) is 0 Å². The van der Waals surface area contributed by atoms with E-state index in [-0.39, 0.29) is 5.76 Å². The summed E-state index contributed by atoms with van der Waals surface area (Å²) in [7, 11) is 0.